The van der Waals surface area contributed by atoms with Crippen LogP contribution in [-0.2, 0) is 12.8 Å². The minimum atomic E-state index is -0.303. The van der Waals surface area contributed by atoms with Gasteiger partial charge in [-0.25, -0.2) is 24.5 Å². The zero-order valence-electron chi connectivity index (χ0n) is 14.3. The van der Waals surface area contributed by atoms with Crippen LogP contribution in [0.5, 0.6) is 0 Å². The van der Waals surface area contributed by atoms with Gasteiger partial charge in [-0.3, -0.25) is 0 Å². The van der Waals surface area contributed by atoms with Crippen molar-refractivity contribution in [1.29, 1.82) is 0 Å². The van der Waals surface area contributed by atoms with Crippen molar-refractivity contribution in [3.05, 3.63) is 17.6 Å². The average Bonchev–Trinajstić information content (AvgIpc) is 3.08. The van der Waals surface area contributed by atoms with Gasteiger partial charge in [0.15, 0.2) is 0 Å². The Morgan fingerprint density at radius 1 is 1.16 bits per heavy atom. The molecule has 0 saturated carbocycles. The molecule has 1 aromatic heterocycles. The fraction of sp³-hybridized carbons (Fsp3) is 0.647. The summed E-state index contributed by atoms with van der Waals surface area (Å²) >= 11 is 0. The number of hydrogen-bond donors (Lipinski definition) is 2. The average molecular weight is 344 g/mol. The molecule has 0 radical (unpaired) electrons. The summed E-state index contributed by atoms with van der Waals surface area (Å²) in [7, 11) is 0. The third-order valence-corrected chi connectivity index (χ3v) is 5.33. The second-order valence-electron chi connectivity index (χ2n) is 6.92. The number of hydrogen-bond acceptors (Lipinski definition) is 5. The van der Waals surface area contributed by atoms with Gasteiger partial charge in [0, 0.05) is 43.5 Å². The highest BCUT2D eigenvalue weighted by Gasteiger charge is 2.30. The number of amides is 4. The topological polar surface area (TPSA) is 90.5 Å². The molecule has 0 spiro atoms. The molecule has 8 nitrogen and oxygen atoms in total. The number of imide groups is 1. The number of nitrogens with zero attached hydrogens (tertiary/aromatic N) is 4. The number of nitrogens with one attached hydrogen (secondary N) is 2. The van der Waals surface area contributed by atoms with Crippen LogP contribution in [0.25, 0.3) is 0 Å². The Morgan fingerprint density at radius 2 is 1.96 bits per heavy atom. The molecule has 2 saturated heterocycles. The van der Waals surface area contributed by atoms with Crippen LogP contribution in [0.3, 0.4) is 0 Å². The van der Waals surface area contributed by atoms with Crippen LogP contribution in [0, 0.1) is 0 Å². The zero-order chi connectivity index (χ0) is 17.2. The molecule has 0 aromatic carbocycles. The molecule has 1 aliphatic carbocycles. The summed E-state index contributed by atoms with van der Waals surface area (Å²) in [6, 6.07) is -0.481. The highest BCUT2D eigenvalue weighted by Crippen LogP contribution is 2.28. The highest BCUT2D eigenvalue weighted by atomic mass is 16.2. The predicted molar refractivity (Wildman–Crippen MR) is 92.5 cm³/mol. The highest BCUT2D eigenvalue weighted by molar-refractivity contribution is 5.95. The Kier molecular flexibility index (Phi) is 4.42. The van der Waals surface area contributed by atoms with Crippen molar-refractivity contribution in [2.75, 3.05) is 31.1 Å². The van der Waals surface area contributed by atoms with Crippen molar-refractivity contribution in [3.8, 4) is 0 Å². The standard InChI is InChI=1S/C17H24N6O2/c24-16-18-7-10-23(16)17(25)21-12-5-8-22(9-6-12)15-13-3-1-2-4-14(13)19-11-20-15/h11-12H,1-10H2,(H,18,24)(H,21,25). The molecule has 4 amide bonds. The minimum absolute atomic E-state index is 0.106. The van der Waals surface area contributed by atoms with Gasteiger partial charge in [-0.15, -0.1) is 0 Å². The molecule has 4 rings (SSSR count). The van der Waals surface area contributed by atoms with Crippen molar-refractivity contribution < 1.29 is 9.59 Å². The lowest BCUT2D eigenvalue weighted by molar-refractivity contribution is 0.194. The van der Waals surface area contributed by atoms with Crippen molar-refractivity contribution in [2.24, 2.45) is 0 Å². The van der Waals surface area contributed by atoms with E-state index in [1.807, 2.05) is 0 Å². The van der Waals surface area contributed by atoms with Crippen molar-refractivity contribution in [1.82, 2.24) is 25.5 Å². The third kappa shape index (κ3) is 3.25. The molecule has 25 heavy (non-hydrogen) atoms. The SMILES string of the molecule is O=C1NCCN1C(=O)NC1CCN(c2ncnc3c2CCCC3)CC1. The van der Waals surface area contributed by atoms with E-state index >= 15 is 0 Å². The number of piperidine rings is 1. The molecule has 2 fully saturated rings. The summed E-state index contributed by atoms with van der Waals surface area (Å²) in [5, 5.41) is 5.64. The molecular weight excluding hydrogens is 320 g/mol. The lowest BCUT2D eigenvalue weighted by atomic mass is 9.95. The van der Waals surface area contributed by atoms with E-state index in [0.29, 0.717) is 13.1 Å². The molecule has 0 atom stereocenters. The van der Waals surface area contributed by atoms with Crippen LogP contribution >= 0.6 is 0 Å². The molecule has 3 aliphatic rings. The van der Waals surface area contributed by atoms with Crippen LogP contribution in [0.2, 0.25) is 0 Å². The quantitative estimate of drug-likeness (QED) is 0.837. The van der Waals surface area contributed by atoms with Gasteiger partial charge in [0.2, 0.25) is 0 Å². The first kappa shape index (κ1) is 16.1. The van der Waals surface area contributed by atoms with E-state index in [-0.39, 0.29) is 18.1 Å². The van der Waals surface area contributed by atoms with Crippen molar-refractivity contribution in [2.45, 2.75) is 44.6 Å². The van der Waals surface area contributed by atoms with Crippen LogP contribution in [0.1, 0.15) is 36.9 Å². The molecule has 1 aromatic rings. The fourth-order valence-corrected chi connectivity index (χ4v) is 3.93. The summed E-state index contributed by atoms with van der Waals surface area (Å²) in [5.74, 6) is 1.08. The summed E-state index contributed by atoms with van der Waals surface area (Å²) in [4.78, 5) is 36.3. The second kappa shape index (κ2) is 6.85. The minimum Gasteiger partial charge on any atom is -0.356 e. The first-order valence-electron chi connectivity index (χ1n) is 9.16. The number of carbonyl (C=O) groups excluding carboxylic acids is 2. The Morgan fingerprint density at radius 3 is 2.72 bits per heavy atom. The number of aryl methyl sites for hydroxylation is 1. The molecule has 134 valence electrons. The summed E-state index contributed by atoms with van der Waals surface area (Å²) in [5.41, 5.74) is 2.51. The monoisotopic (exact) mass is 344 g/mol. The maximum atomic E-state index is 12.2. The van der Waals surface area contributed by atoms with Gasteiger partial charge in [0.05, 0.1) is 0 Å². The molecule has 2 aliphatic heterocycles. The Balaban J connectivity index is 1.36. The first-order chi connectivity index (χ1) is 12.2. The molecule has 0 bridgehead atoms. The number of aromatic nitrogens is 2. The van der Waals surface area contributed by atoms with Gasteiger partial charge >= 0.3 is 12.1 Å². The Bertz CT molecular complexity index is 671. The van der Waals surface area contributed by atoms with Crippen molar-refractivity contribution in [3.63, 3.8) is 0 Å². The van der Waals surface area contributed by atoms with Crippen LogP contribution in [-0.4, -0.2) is 59.2 Å². The van der Waals surface area contributed by atoms with Crippen LogP contribution < -0.4 is 15.5 Å². The number of fused-ring (bicyclic) bond motifs is 1. The predicted octanol–water partition coefficient (Wildman–Crippen LogP) is 1.06. The largest absolute Gasteiger partial charge is 0.356 e. The lowest BCUT2D eigenvalue weighted by Crippen LogP contribution is -2.50. The van der Waals surface area contributed by atoms with Crippen molar-refractivity contribution >= 4 is 17.9 Å². The van der Waals surface area contributed by atoms with Gasteiger partial charge < -0.3 is 15.5 Å². The smallest absolute Gasteiger partial charge is 0.325 e. The molecule has 2 N–H and O–H groups in total. The molecular formula is C17H24N6O2. The Hall–Kier alpha value is -2.38. The number of rotatable bonds is 2. The maximum absolute atomic E-state index is 12.2. The Labute approximate surface area is 147 Å². The van der Waals surface area contributed by atoms with E-state index < -0.39 is 0 Å². The summed E-state index contributed by atoms with van der Waals surface area (Å²) in [6.45, 7) is 2.70. The molecule has 3 heterocycles. The van der Waals surface area contributed by atoms with E-state index in [1.165, 1.54) is 29.0 Å². The van der Waals surface area contributed by atoms with E-state index in [1.54, 1.807) is 6.33 Å². The van der Waals surface area contributed by atoms with Gasteiger partial charge in [-0.2, -0.15) is 0 Å². The van der Waals surface area contributed by atoms with Crippen LogP contribution in [0.15, 0.2) is 6.33 Å². The molecule has 8 heteroatoms. The zero-order valence-corrected chi connectivity index (χ0v) is 14.3. The van der Waals surface area contributed by atoms with Gasteiger partial charge in [0.25, 0.3) is 0 Å². The van der Waals surface area contributed by atoms with Gasteiger partial charge in [-0.1, -0.05) is 0 Å². The van der Waals surface area contributed by atoms with Gasteiger partial charge in [-0.05, 0) is 38.5 Å². The van der Waals surface area contributed by atoms with Crippen LogP contribution in [0.4, 0.5) is 15.4 Å². The third-order valence-electron chi connectivity index (χ3n) is 5.33. The normalized spacial score (nSPS) is 21.0. The van der Waals surface area contributed by atoms with E-state index in [2.05, 4.69) is 25.5 Å². The number of anilines is 1. The van der Waals surface area contributed by atoms with E-state index in [9.17, 15) is 9.59 Å². The van der Waals surface area contributed by atoms with Gasteiger partial charge in [0.1, 0.15) is 12.1 Å². The number of carbonyl (C=O) groups is 2. The first-order valence-corrected chi connectivity index (χ1v) is 9.16. The number of urea groups is 2. The molecule has 0 unspecified atom stereocenters. The lowest BCUT2D eigenvalue weighted by Gasteiger charge is -2.35. The van der Waals surface area contributed by atoms with E-state index in [4.69, 9.17) is 0 Å². The maximum Gasteiger partial charge on any atom is 0.325 e. The summed E-state index contributed by atoms with van der Waals surface area (Å²) < 4.78 is 0. The fourth-order valence-electron chi connectivity index (χ4n) is 3.93. The second-order valence-corrected chi connectivity index (χ2v) is 6.92. The summed E-state index contributed by atoms with van der Waals surface area (Å²) in [6.07, 6.45) is 7.93. The van der Waals surface area contributed by atoms with E-state index in [0.717, 1.165) is 44.6 Å².